The number of nitrogens with zero attached hydrogens (tertiary/aromatic N) is 4. The van der Waals surface area contributed by atoms with Gasteiger partial charge in [-0.25, -0.2) is 29.7 Å². The van der Waals surface area contributed by atoms with Crippen LogP contribution < -0.4 is 14.9 Å². The number of rotatable bonds is 15. The fourth-order valence-corrected chi connectivity index (χ4v) is 7.35. The molecule has 0 radical (unpaired) electrons. The van der Waals surface area contributed by atoms with E-state index in [1.54, 1.807) is 81.4 Å². The minimum atomic E-state index is -4.51. The molecule has 0 aliphatic carbocycles. The number of fused-ring (bicyclic) bond motifs is 1. The lowest BCUT2D eigenvalue weighted by Crippen LogP contribution is -2.44. The Labute approximate surface area is 288 Å². The second-order valence-corrected chi connectivity index (χ2v) is 13.5. The maximum atomic E-state index is 14.9. The summed E-state index contributed by atoms with van der Waals surface area (Å²) in [6.45, 7) is 5.79. The Morgan fingerprint density at radius 1 is 0.980 bits per heavy atom. The number of carbonyl (C=O) groups is 2. The topological polar surface area (TPSA) is 205 Å². The highest BCUT2D eigenvalue weighted by Gasteiger charge is 2.54. The highest BCUT2D eigenvalue weighted by atomic mass is 31.2. The summed E-state index contributed by atoms with van der Waals surface area (Å²) < 4.78 is 44.4. The van der Waals surface area contributed by atoms with Gasteiger partial charge >= 0.3 is 19.6 Å². The molecule has 1 aliphatic rings. The largest absolute Gasteiger partial charge is 0.479 e. The summed E-state index contributed by atoms with van der Waals surface area (Å²) >= 11 is 0. The zero-order valence-electron chi connectivity index (χ0n) is 28.3. The van der Waals surface area contributed by atoms with Crippen LogP contribution in [0.2, 0.25) is 0 Å². The average molecular weight is 713 g/mol. The van der Waals surface area contributed by atoms with Crippen molar-refractivity contribution in [2.24, 2.45) is 0 Å². The number of aliphatic hydroxyl groups excluding tert-OH is 1. The highest BCUT2D eigenvalue weighted by Crippen LogP contribution is 2.47. The van der Waals surface area contributed by atoms with Crippen molar-refractivity contribution in [1.29, 1.82) is 0 Å². The number of hydrogen-bond donors (Lipinski definition) is 4. The standard InChI is InChI=1S/C33H41N6O10P/c1-6-46-30(41)24(21-14-10-8-11-15-21)37-50(44,38-25(31(42)47-7-2)22-16-12-9-13-17-22)48-18-23-27(40)33(4,43)32(49-23)39-19-34-26-28(39)35-20(3)36-29(26)45-5/h8-17,19,23-25,27,32,40,43H,6-7,18H2,1-5H3,(H2,37,38,44)/t23-,24+,25+,27+,32-,33?/m1/s1. The van der Waals surface area contributed by atoms with Gasteiger partial charge in [-0.05, 0) is 38.8 Å². The molecule has 0 spiro atoms. The minimum Gasteiger partial charge on any atom is -0.479 e. The number of nitrogens with one attached hydrogen (secondary N) is 2. The van der Waals surface area contributed by atoms with Crippen LogP contribution in [0.15, 0.2) is 67.0 Å². The van der Waals surface area contributed by atoms with Crippen LogP contribution in [-0.4, -0.2) is 86.4 Å². The van der Waals surface area contributed by atoms with Gasteiger partial charge < -0.3 is 33.7 Å². The lowest BCUT2D eigenvalue weighted by molar-refractivity contribution is -0.145. The molecule has 6 atom stereocenters. The van der Waals surface area contributed by atoms with Crippen LogP contribution in [0.25, 0.3) is 11.2 Å². The van der Waals surface area contributed by atoms with E-state index in [2.05, 4.69) is 25.1 Å². The van der Waals surface area contributed by atoms with Crippen LogP contribution in [0.1, 0.15) is 56.0 Å². The molecule has 4 N–H and O–H groups in total. The van der Waals surface area contributed by atoms with Crippen molar-refractivity contribution >= 4 is 30.8 Å². The van der Waals surface area contributed by atoms with Gasteiger partial charge in [0.25, 0.3) is 0 Å². The summed E-state index contributed by atoms with van der Waals surface area (Å²) in [6.07, 6.45) is -2.71. The molecule has 0 amide bonds. The third kappa shape index (κ3) is 7.87. The molecule has 2 aromatic heterocycles. The molecular weight excluding hydrogens is 671 g/mol. The summed E-state index contributed by atoms with van der Waals surface area (Å²) in [5.74, 6) is -0.920. The van der Waals surface area contributed by atoms with E-state index in [0.717, 1.165) is 0 Å². The molecule has 268 valence electrons. The van der Waals surface area contributed by atoms with Crippen LogP contribution in [0, 0.1) is 6.92 Å². The zero-order chi connectivity index (χ0) is 36.1. The summed E-state index contributed by atoms with van der Waals surface area (Å²) in [5, 5.41) is 28.4. The number of aromatic nitrogens is 4. The number of methoxy groups -OCH3 is 1. The molecule has 0 saturated carbocycles. The first-order valence-electron chi connectivity index (χ1n) is 16.0. The summed E-state index contributed by atoms with van der Waals surface area (Å²) in [7, 11) is -3.07. The van der Waals surface area contributed by atoms with Crippen molar-refractivity contribution in [3.8, 4) is 5.88 Å². The van der Waals surface area contributed by atoms with Gasteiger partial charge in [0.1, 0.15) is 35.7 Å². The maximum absolute atomic E-state index is 14.9. The number of aliphatic hydroxyl groups is 2. The molecule has 2 aromatic carbocycles. The zero-order valence-corrected chi connectivity index (χ0v) is 29.1. The quantitative estimate of drug-likeness (QED) is 0.103. The molecule has 16 nitrogen and oxygen atoms in total. The third-order valence-corrected chi connectivity index (χ3v) is 9.74. The second-order valence-electron chi connectivity index (χ2n) is 11.6. The first-order chi connectivity index (χ1) is 23.9. The Kier molecular flexibility index (Phi) is 11.6. The van der Waals surface area contributed by atoms with Gasteiger partial charge in [-0.15, -0.1) is 0 Å². The Bertz CT molecular complexity index is 1760. The Hall–Kier alpha value is -4.28. The third-order valence-electron chi connectivity index (χ3n) is 8.03. The number of aryl methyl sites for hydroxylation is 1. The number of imidazole rings is 1. The van der Waals surface area contributed by atoms with Gasteiger partial charge in [0, 0.05) is 0 Å². The number of benzene rings is 2. The first-order valence-corrected chi connectivity index (χ1v) is 17.6. The van der Waals surface area contributed by atoms with Crippen LogP contribution in [0.4, 0.5) is 0 Å². The summed E-state index contributed by atoms with van der Waals surface area (Å²) in [5.41, 5.74) is -0.523. The van der Waals surface area contributed by atoms with Gasteiger partial charge in [-0.3, -0.25) is 9.13 Å². The van der Waals surface area contributed by atoms with E-state index in [0.29, 0.717) is 22.5 Å². The van der Waals surface area contributed by atoms with Crippen molar-refractivity contribution in [3.63, 3.8) is 0 Å². The van der Waals surface area contributed by atoms with Gasteiger partial charge in [0.15, 0.2) is 17.4 Å². The molecule has 1 saturated heterocycles. The Morgan fingerprint density at radius 3 is 2.02 bits per heavy atom. The predicted molar refractivity (Wildman–Crippen MR) is 179 cm³/mol. The SMILES string of the molecule is CCOC(=O)[C@@H](NP(=O)(N[C@H](C(=O)OCC)c1ccccc1)OC[C@H]1O[C@@H](n2cnc3c(OC)nc(C)nc32)C(C)(O)[C@H]1O)c1ccccc1. The predicted octanol–water partition coefficient (Wildman–Crippen LogP) is 3.07. The van der Waals surface area contributed by atoms with Crippen LogP contribution in [0.5, 0.6) is 5.88 Å². The molecule has 0 bridgehead atoms. The van der Waals surface area contributed by atoms with Gasteiger partial charge in [0.05, 0.1) is 33.3 Å². The van der Waals surface area contributed by atoms with E-state index in [4.69, 9.17) is 23.5 Å². The number of esters is 2. The number of hydrogen-bond acceptors (Lipinski definition) is 13. The number of carbonyl (C=O) groups excluding carboxylic acids is 2. The lowest BCUT2D eigenvalue weighted by atomic mass is 9.96. The van der Waals surface area contributed by atoms with E-state index in [1.165, 1.54) is 24.9 Å². The summed E-state index contributed by atoms with van der Waals surface area (Å²) in [4.78, 5) is 39.5. The van der Waals surface area contributed by atoms with Gasteiger partial charge in [0.2, 0.25) is 5.88 Å². The molecule has 4 aromatic rings. The molecule has 3 heterocycles. The minimum absolute atomic E-state index is 0.0374. The highest BCUT2D eigenvalue weighted by molar-refractivity contribution is 7.54. The van der Waals surface area contributed by atoms with E-state index in [9.17, 15) is 24.4 Å². The van der Waals surface area contributed by atoms with Crippen molar-refractivity contribution in [1.82, 2.24) is 29.7 Å². The van der Waals surface area contributed by atoms with E-state index < -0.39 is 62.3 Å². The molecule has 1 unspecified atom stereocenters. The van der Waals surface area contributed by atoms with E-state index in [-0.39, 0.29) is 24.7 Å². The first kappa shape index (κ1) is 37.0. The van der Waals surface area contributed by atoms with Crippen molar-refractivity contribution in [3.05, 3.63) is 83.9 Å². The van der Waals surface area contributed by atoms with Gasteiger partial charge in [-0.2, -0.15) is 4.98 Å². The average Bonchev–Trinajstić information content (AvgIpc) is 3.62. The van der Waals surface area contributed by atoms with E-state index in [1.807, 2.05) is 0 Å². The Morgan fingerprint density at radius 2 is 1.52 bits per heavy atom. The fourth-order valence-electron chi connectivity index (χ4n) is 5.59. The molecular formula is C33H41N6O10P. The molecule has 1 aliphatic heterocycles. The monoisotopic (exact) mass is 712 g/mol. The second kappa shape index (κ2) is 15.7. The maximum Gasteiger partial charge on any atom is 0.342 e. The van der Waals surface area contributed by atoms with Crippen LogP contribution in [-0.2, 0) is 32.9 Å². The molecule has 5 rings (SSSR count). The smallest absolute Gasteiger partial charge is 0.342 e. The lowest BCUT2D eigenvalue weighted by Gasteiger charge is -2.30. The normalized spacial score (nSPS) is 21.9. The van der Waals surface area contributed by atoms with Crippen molar-refractivity contribution < 1.29 is 47.8 Å². The Balaban J connectivity index is 1.49. The number of ether oxygens (including phenoxy) is 4. The van der Waals surface area contributed by atoms with E-state index >= 15 is 0 Å². The summed E-state index contributed by atoms with van der Waals surface area (Å²) in [6, 6.07) is 14.2. The molecule has 1 fully saturated rings. The molecule has 17 heteroatoms. The van der Waals surface area contributed by atoms with Crippen molar-refractivity contribution in [2.45, 2.75) is 63.8 Å². The van der Waals surface area contributed by atoms with Crippen molar-refractivity contribution in [2.75, 3.05) is 26.9 Å². The van der Waals surface area contributed by atoms with Gasteiger partial charge in [-0.1, -0.05) is 60.7 Å². The molecule has 50 heavy (non-hydrogen) atoms. The van der Waals surface area contributed by atoms with Crippen LogP contribution in [0.3, 0.4) is 0 Å². The van der Waals surface area contributed by atoms with Crippen LogP contribution >= 0.6 is 7.67 Å². The fraction of sp³-hybridized carbons (Fsp3) is 0.424.